The lowest BCUT2D eigenvalue weighted by molar-refractivity contribution is 0.389. The van der Waals surface area contributed by atoms with Crippen LogP contribution in [-0.2, 0) is 0 Å². The summed E-state index contributed by atoms with van der Waals surface area (Å²) >= 11 is 9.92. The summed E-state index contributed by atoms with van der Waals surface area (Å²) in [6.07, 6.45) is 0. The predicted molar refractivity (Wildman–Crippen MR) is 93.3 cm³/mol. The summed E-state index contributed by atoms with van der Waals surface area (Å²) in [6.45, 7) is 6.99. The van der Waals surface area contributed by atoms with E-state index in [1.807, 2.05) is 18.2 Å². The van der Waals surface area contributed by atoms with Crippen molar-refractivity contribution < 1.29 is 4.74 Å². The van der Waals surface area contributed by atoms with Gasteiger partial charge in [-0.15, -0.1) is 0 Å². The van der Waals surface area contributed by atoms with Crippen molar-refractivity contribution in [2.45, 2.75) is 20.8 Å². The van der Waals surface area contributed by atoms with E-state index in [1.54, 1.807) is 0 Å². The summed E-state index contributed by atoms with van der Waals surface area (Å²) in [5.74, 6) is 0.897. The van der Waals surface area contributed by atoms with Gasteiger partial charge in [-0.05, 0) is 71.6 Å². The third-order valence-electron chi connectivity index (χ3n) is 3.80. The Kier molecular flexibility index (Phi) is 3.85. The minimum atomic E-state index is 0.572. The van der Waals surface area contributed by atoms with Gasteiger partial charge in [-0.25, -0.2) is 0 Å². The third kappa shape index (κ3) is 2.63. The van der Waals surface area contributed by atoms with Gasteiger partial charge in [-0.2, -0.15) is 0 Å². The Morgan fingerprint density at radius 1 is 1.10 bits per heavy atom. The van der Waals surface area contributed by atoms with E-state index >= 15 is 0 Å². The number of hydrogen-bond acceptors (Lipinski definition) is 1. The van der Waals surface area contributed by atoms with Crippen LogP contribution in [0, 0.1) is 20.8 Å². The van der Waals surface area contributed by atoms with E-state index in [-0.39, 0.29) is 0 Å². The molecule has 1 aliphatic rings. The first-order valence-electron chi connectivity index (χ1n) is 6.87. The van der Waals surface area contributed by atoms with E-state index in [9.17, 15) is 0 Å². The number of benzene rings is 2. The predicted octanol–water partition coefficient (Wildman–Crippen LogP) is 5.92. The molecule has 0 radical (unpaired) electrons. The number of rotatable bonds is 1. The van der Waals surface area contributed by atoms with Crippen LogP contribution in [0.5, 0.6) is 5.75 Å². The Bertz CT molecular complexity index is 739. The molecule has 3 heteroatoms. The monoisotopic (exact) mass is 362 g/mol. The average molecular weight is 364 g/mol. The highest BCUT2D eigenvalue weighted by molar-refractivity contribution is 9.15. The lowest BCUT2D eigenvalue weighted by Crippen LogP contribution is -1.96. The van der Waals surface area contributed by atoms with Crippen molar-refractivity contribution in [1.82, 2.24) is 0 Å². The number of fused-ring (bicyclic) bond motifs is 1. The van der Waals surface area contributed by atoms with E-state index in [1.165, 1.54) is 22.3 Å². The van der Waals surface area contributed by atoms with Crippen molar-refractivity contribution in [3.8, 4) is 5.75 Å². The van der Waals surface area contributed by atoms with Crippen LogP contribution in [-0.4, -0.2) is 6.61 Å². The minimum Gasteiger partial charge on any atom is -0.488 e. The maximum atomic E-state index is 6.13. The number of hydrogen-bond donors (Lipinski definition) is 0. The van der Waals surface area contributed by atoms with Gasteiger partial charge in [0.15, 0.2) is 0 Å². The van der Waals surface area contributed by atoms with Gasteiger partial charge >= 0.3 is 0 Å². The molecule has 1 nitrogen and oxygen atoms in total. The van der Waals surface area contributed by atoms with E-state index in [0.29, 0.717) is 6.61 Å². The molecule has 2 aromatic rings. The van der Waals surface area contributed by atoms with Gasteiger partial charge in [-0.3, -0.25) is 0 Å². The Labute approximate surface area is 138 Å². The Morgan fingerprint density at radius 2 is 1.76 bits per heavy atom. The zero-order valence-corrected chi connectivity index (χ0v) is 14.6. The van der Waals surface area contributed by atoms with Gasteiger partial charge in [0, 0.05) is 20.6 Å². The first-order chi connectivity index (χ1) is 9.97. The third-order valence-corrected chi connectivity index (χ3v) is 4.91. The zero-order valence-electron chi connectivity index (χ0n) is 12.3. The molecule has 1 aliphatic heterocycles. The topological polar surface area (TPSA) is 9.23 Å². The Balaban J connectivity index is 2.20. The molecule has 0 aliphatic carbocycles. The summed E-state index contributed by atoms with van der Waals surface area (Å²) < 4.78 is 6.86. The summed E-state index contributed by atoms with van der Waals surface area (Å²) in [4.78, 5) is 0. The second-order valence-electron chi connectivity index (χ2n) is 5.50. The van der Waals surface area contributed by atoms with Gasteiger partial charge < -0.3 is 4.74 Å². The number of halogens is 2. The molecular weight excluding hydrogens is 348 g/mol. The van der Waals surface area contributed by atoms with Crippen LogP contribution in [0.2, 0.25) is 5.02 Å². The molecular formula is C18H16BrClO. The highest BCUT2D eigenvalue weighted by Crippen LogP contribution is 2.42. The SMILES string of the molecule is Cc1cc(C)c(/C(Br)=C2/COc3ccc(Cl)cc32)c(C)c1. The molecule has 0 amide bonds. The van der Waals surface area contributed by atoms with Crippen molar-refractivity contribution in [1.29, 1.82) is 0 Å². The molecule has 0 fully saturated rings. The summed E-state index contributed by atoms with van der Waals surface area (Å²) in [5, 5.41) is 0.731. The van der Waals surface area contributed by atoms with Gasteiger partial charge in [-0.1, -0.05) is 29.3 Å². The minimum absolute atomic E-state index is 0.572. The maximum Gasteiger partial charge on any atom is 0.127 e. The second kappa shape index (κ2) is 5.51. The summed E-state index contributed by atoms with van der Waals surface area (Å²) in [6, 6.07) is 10.2. The van der Waals surface area contributed by atoms with Crippen LogP contribution >= 0.6 is 27.5 Å². The molecule has 0 N–H and O–H groups in total. The van der Waals surface area contributed by atoms with Gasteiger partial charge in [0.25, 0.3) is 0 Å². The normalized spacial score (nSPS) is 15.7. The number of ether oxygens (including phenoxy) is 1. The van der Waals surface area contributed by atoms with E-state index in [2.05, 4.69) is 48.8 Å². The molecule has 0 saturated heterocycles. The second-order valence-corrected chi connectivity index (χ2v) is 6.72. The molecule has 0 bridgehead atoms. The van der Waals surface area contributed by atoms with E-state index < -0.39 is 0 Å². The average Bonchev–Trinajstić information content (AvgIpc) is 2.80. The maximum absolute atomic E-state index is 6.13. The molecule has 3 rings (SSSR count). The van der Waals surface area contributed by atoms with Gasteiger partial charge in [0.2, 0.25) is 0 Å². The van der Waals surface area contributed by atoms with Crippen molar-refractivity contribution in [3.63, 3.8) is 0 Å². The highest BCUT2D eigenvalue weighted by Gasteiger charge is 2.22. The fraction of sp³-hybridized carbons (Fsp3) is 0.222. The number of aryl methyl sites for hydroxylation is 3. The van der Waals surface area contributed by atoms with Crippen LogP contribution in [0.1, 0.15) is 27.8 Å². The fourth-order valence-electron chi connectivity index (χ4n) is 2.95. The first-order valence-corrected chi connectivity index (χ1v) is 8.04. The van der Waals surface area contributed by atoms with Crippen molar-refractivity contribution in [2.24, 2.45) is 0 Å². The lowest BCUT2D eigenvalue weighted by atomic mass is 9.96. The summed E-state index contributed by atoms with van der Waals surface area (Å²) in [5.41, 5.74) is 7.29. The molecule has 1 heterocycles. The molecule has 108 valence electrons. The lowest BCUT2D eigenvalue weighted by Gasteiger charge is -2.13. The van der Waals surface area contributed by atoms with Crippen molar-refractivity contribution in [2.75, 3.05) is 6.61 Å². The first kappa shape index (κ1) is 14.7. The molecule has 21 heavy (non-hydrogen) atoms. The van der Waals surface area contributed by atoms with E-state index in [4.69, 9.17) is 16.3 Å². The molecule has 0 saturated carbocycles. The zero-order chi connectivity index (χ0) is 15.1. The molecule has 0 spiro atoms. The van der Waals surface area contributed by atoms with Crippen LogP contribution in [0.4, 0.5) is 0 Å². The molecule has 0 atom stereocenters. The summed E-state index contributed by atoms with van der Waals surface area (Å²) in [7, 11) is 0. The van der Waals surface area contributed by atoms with E-state index in [0.717, 1.165) is 26.4 Å². The van der Waals surface area contributed by atoms with Crippen molar-refractivity contribution >= 4 is 37.6 Å². The Morgan fingerprint density at radius 3 is 2.43 bits per heavy atom. The standard InChI is InChI=1S/C18H16BrClO/c1-10-6-11(2)17(12(3)7-10)18(19)15-9-21-16-5-4-13(20)8-14(15)16/h4-8H,9H2,1-3H3/b18-15+. The van der Waals surface area contributed by atoms with Gasteiger partial charge in [0.05, 0.1) is 0 Å². The van der Waals surface area contributed by atoms with Crippen LogP contribution in [0.3, 0.4) is 0 Å². The molecule has 2 aromatic carbocycles. The highest BCUT2D eigenvalue weighted by atomic mass is 79.9. The largest absolute Gasteiger partial charge is 0.488 e. The fourth-order valence-corrected chi connectivity index (χ4v) is 4.08. The molecule has 0 aromatic heterocycles. The molecule has 0 unspecified atom stereocenters. The quantitative estimate of drug-likeness (QED) is 0.611. The van der Waals surface area contributed by atoms with Crippen molar-refractivity contribution in [3.05, 3.63) is 63.2 Å². The van der Waals surface area contributed by atoms with Crippen LogP contribution in [0.25, 0.3) is 10.1 Å². The Hall–Kier alpha value is -1.25. The van der Waals surface area contributed by atoms with Crippen LogP contribution in [0.15, 0.2) is 30.3 Å². The van der Waals surface area contributed by atoms with Crippen LogP contribution < -0.4 is 4.74 Å². The van der Waals surface area contributed by atoms with Gasteiger partial charge in [0.1, 0.15) is 12.4 Å². The smallest absolute Gasteiger partial charge is 0.127 e.